The highest BCUT2D eigenvalue weighted by Gasteiger charge is 2.37. The Balaban J connectivity index is 1.86. The van der Waals surface area contributed by atoms with Gasteiger partial charge in [-0.15, -0.1) is 0 Å². The number of esters is 1. The van der Waals surface area contributed by atoms with Crippen molar-refractivity contribution in [1.82, 2.24) is 9.97 Å². The Morgan fingerprint density at radius 3 is 2.29 bits per heavy atom. The summed E-state index contributed by atoms with van der Waals surface area (Å²) in [5.74, 6) is 0.888. The lowest BCUT2D eigenvalue weighted by Gasteiger charge is -2.30. The van der Waals surface area contributed by atoms with Crippen LogP contribution in [0.1, 0.15) is 43.4 Å². The van der Waals surface area contributed by atoms with Crippen LogP contribution in [0, 0.1) is 0 Å². The third-order valence-corrected chi connectivity index (χ3v) is 6.97. The molecule has 1 aliphatic heterocycles. The summed E-state index contributed by atoms with van der Waals surface area (Å²) in [6.45, 7) is 5.32. The molecule has 4 rings (SSSR count). The molecule has 2 heterocycles. The van der Waals surface area contributed by atoms with E-state index < -0.39 is 11.9 Å². The number of carbonyl (C=O) groups excluding carboxylic acids is 1. The highest BCUT2D eigenvalue weighted by atomic mass is 32.2. The third-order valence-electron chi connectivity index (χ3n) is 6.02. The number of aromatic nitrogens is 2. The smallest absolute Gasteiger partial charge is 0.337 e. The van der Waals surface area contributed by atoms with Gasteiger partial charge >= 0.3 is 5.97 Å². The number of H-pyrrole nitrogens is 1. The Bertz CT molecular complexity index is 1390. The molecule has 38 heavy (non-hydrogen) atoms. The lowest BCUT2D eigenvalue weighted by molar-refractivity contribution is -0.143. The SMILES string of the molecule is COc1cc(C2C(C(=O)OC(C)C)=C(C)Nc3nc(SCc4ccccc4)[nH]c(=O)c32)cc(OC)c1OC. The first kappa shape index (κ1) is 27.1. The number of thioether (sulfide) groups is 1. The van der Waals surface area contributed by atoms with Crippen molar-refractivity contribution < 1.29 is 23.7 Å². The monoisotopic (exact) mass is 537 g/mol. The molecule has 200 valence electrons. The molecule has 0 bridgehead atoms. The van der Waals surface area contributed by atoms with E-state index in [0.29, 0.717) is 56.4 Å². The normalized spacial score (nSPS) is 14.6. The number of carbonyl (C=O) groups is 1. The van der Waals surface area contributed by atoms with Crippen molar-refractivity contribution in [2.24, 2.45) is 0 Å². The lowest BCUT2D eigenvalue weighted by Crippen LogP contribution is -2.32. The van der Waals surface area contributed by atoms with E-state index in [-0.39, 0.29) is 11.7 Å². The lowest BCUT2D eigenvalue weighted by atomic mass is 9.82. The summed E-state index contributed by atoms with van der Waals surface area (Å²) in [6, 6.07) is 13.4. The summed E-state index contributed by atoms with van der Waals surface area (Å²) >= 11 is 1.42. The fourth-order valence-electron chi connectivity index (χ4n) is 4.37. The molecule has 0 saturated carbocycles. The zero-order chi connectivity index (χ0) is 27.4. The van der Waals surface area contributed by atoms with Crippen LogP contribution in [0.15, 0.2) is 63.7 Å². The molecule has 1 atom stereocenters. The van der Waals surface area contributed by atoms with E-state index in [9.17, 15) is 9.59 Å². The maximum Gasteiger partial charge on any atom is 0.337 e. The predicted molar refractivity (Wildman–Crippen MR) is 146 cm³/mol. The van der Waals surface area contributed by atoms with E-state index in [2.05, 4.69) is 10.3 Å². The van der Waals surface area contributed by atoms with E-state index in [4.69, 9.17) is 23.9 Å². The molecule has 1 aromatic heterocycles. The number of rotatable bonds is 9. The number of anilines is 1. The molecular weight excluding hydrogens is 506 g/mol. The number of hydrogen-bond acceptors (Lipinski definition) is 9. The molecule has 2 aromatic carbocycles. The minimum Gasteiger partial charge on any atom is -0.493 e. The largest absolute Gasteiger partial charge is 0.493 e. The van der Waals surface area contributed by atoms with Crippen LogP contribution in [0.3, 0.4) is 0 Å². The summed E-state index contributed by atoms with van der Waals surface area (Å²) < 4.78 is 22.1. The number of methoxy groups -OCH3 is 3. The fourth-order valence-corrected chi connectivity index (χ4v) is 5.19. The van der Waals surface area contributed by atoms with Gasteiger partial charge in [0.15, 0.2) is 16.7 Å². The zero-order valence-electron chi connectivity index (χ0n) is 22.2. The van der Waals surface area contributed by atoms with Crippen molar-refractivity contribution in [1.29, 1.82) is 0 Å². The number of allylic oxidation sites excluding steroid dienone is 1. The van der Waals surface area contributed by atoms with Crippen molar-refractivity contribution in [3.8, 4) is 17.2 Å². The quantitative estimate of drug-likeness (QED) is 0.224. The van der Waals surface area contributed by atoms with Gasteiger partial charge in [0.05, 0.1) is 44.5 Å². The predicted octanol–water partition coefficient (Wildman–Crippen LogP) is 4.87. The second-order valence-electron chi connectivity index (χ2n) is 8.92. The highest BCUT2D eigenvalue weighted by Crippen LogP contribution is 2.46. The van der Waals surface area contributed by atoms with Crippen molar-refractivity contribution >= 4 is 23.5 Å². The van der Waals surface area contributed by atoms with Gasteiger partial charge in [-0.2, -0.15) is 0 Å². The molecular formula is C28H31N3O6S. The van der Waals surface area contributed by atoms with Crippen LogP contribution in [0.2, 0.25) is 0 Å². The number of benzene rings is 2. The minimum absolute atomic E-state index is 0.296. The first-order chi connectivity index (χ1) is 18.3. The first-order valence-electron chi connectivity index (χ1n) is 12.1. The molecule has 9 nitrogen and oxygen atoms in total. The van der Waals surface area contributed by atoms with E-state index in [1.165, 1.54) is 33.1 Å². The van der Waals surface area contributed by atoms with Gasteiger partial charge in [0.1, 0.15) is 5.82 Å². The van der Waals surface area contributed by atoms with Gasteiger partial charge in [-0.3, -0.25) is 4.79 Å². The fraction of sp³-hybridized carbons (Fsp3) is 0.321. The van der Waals surface area contributed by atoms with Gasteiger partial charge in [-0.1, -0.05) is 42.1 Å². The van der Waals surface area contributed by atoms with Crippen LogP contribution >= 0.6 is 11.8 Å². The number of hydrogen-bond donors (Lipinski definition) is 2. The topological polar surface area (TPSA) is 112 Å². The molecule has 0 radical (unpaired) electrons. The Kier molecular flexibility index (Phi) is 8.31. The molecule has 3 aromatic rings. The van der Waals surface area contributed by atoms with Crippen LogP contribution in [0.25, 0.3) is 0 Å². The maximum absolute atomic E-state index is 13.6. The Hall–Kier alpha value is -3.92. The van der Waals surface area contributed by atoms with Gasteiger partial charge in [0, 0.05) is 11.4 Å². The van der Waals surface area contributed by atoms with Crippen molar-refractivity contribution in [2.45, 2.75) is 43.7 Å². The second-order valence-corrected chi connectivity index (χ2v) is 9.88. The van der Waals surface area contributed by atoms with Crippen LogP contribution in [-0.4, -0.2) is 43.4 Å². The summed E-state index contributed by atoms with van der Waals surface area (Å²) in [4.78, 5) is 34.5. The minimum atomic E-state index is -0.796. The summed E-state index contributed by atoms with van der Waals surface area (Å²) in [7, 11) is 4.53. The molecule has 0 aliphatic carbocycles. The summed E-state index contributed by atoms with van der Waals surface area (Å²) in [5.41, 5.74) is 2.48. The zero-order valence-corrected chi connectivity index (χ0v) is 23.0. The summed E-state index contributed by atoms with van der Waals surface area (Å²) in [5, 5.41) is 3.64. The molecule has 1 aliphatic rings. The van der Waals surface area contributed by atoms with Gasteiger partial charge in [-0.25, -0.2) is 9.78 Å². The first-order valence-corrected chi connectivity index (χ1v) is 13.1. The molecule has 1 unspecified atom stereocenters. The van der Waals surface area contributed by atoms with Gasteiger partial charge in [0.2, 0.25) is 5.75 Å². The number of nitrogens with zero attached hydrogens (tertiary/aromatic N) is 1. The van der Waals surface area contributed by atoms with E-state index in [1.54, 1.807) is 32.9 Å². The van der Waals surface area contributed by atoms with E-state index >= 15 is 0 Å². The highest BCUT2D eigenvalue weighted by molar-refractivity contribution is 7.98. The summed E-state index contributed by atoms with van der Waals surface area (Å²) in [6.07, 6.45) is -0.349. The van der Waals surface area contributed by atoms with Crippen LogP contribution in [0.5, 0.6) is 17.2 Å². The number of ether oxygens (including phenoxy) is 4. The third kappa shape index (κ3) is 5.50. The molecule has 2 N–H and O–H groups in total. The molecule has 10 heteroatoms. The van der Waals surface area contributed by atoms with E-state index in [1.807, 2.05) is 30.3 Å². The maximum atomic E-state index is 13.6. The van der Waals surface area contributed by atoms with Gasteiger partial charge < -0.3 is 29.2 Å². The average Bonchev–Trinajstić information content (AvgIpc) is 2.90. The Morgan fingerprint density at radius 1 is 1.05 bits per heavy atom. The molecule has 0 spiro atoms. The van der Waals surface area contributed by atoms with Crippen molar-refractivity contribution in [2.75, 3.05) is 26.6 Å². The Morgan fingerprint density at radius 2 is 1.71 bits per heavy atom. The van der Waals surface area contributed by atoms with Crippen molar-refractivity contribution in [3.05, 3.63) is 80.8 Å². The Labute approximate surface area is 225 Å². The average molecular weight is 538 g/mol. The van der Waals surface area contributed by atoms with Gasteiger partial charge in [0.25, 0.3) is 5.56 Å². The standard InChI is InChI=1S/C28H31N3O6S/c1-15(2)37-27(33)21-16(3)29-25-23(22(21)18-12-19(34-4)24(36-6)20(13-18)35-5)26(32)31-28(30-25)38-14-17-10-8-7-9-11-17/h7-13,15,22H,14H2,1-6H3,(H2,29,30,31,32). The van der Waals surface area contributed by atoms with Crippen LogP contribution < -0.4 is 25.1 Å². The van der Waals surface area contributed by atoms with Crippen LogP contribution in [0.4, 0.5) is 5.82 Å². The molecule has 0 saturated heterocycles. The number of aromatic amines is 1. The molecule has 0 amide bonds. The van der Waals surface area contributed by atoms with E-state index in [0.717, 1.165) is 5.56 Å². The van der Waals surface area contributed by atoms with Crippen LogP contribution in [-0.2, 0) is 15.3 Å². The number of nitrogens with one attached hydrogen (secondary N) is 2. The number of fused-ring (bicyclic) bond motifs is 1. The van der Waals surface area contributed by atoms with Gasteiger partial charge in [-0.05, 0) is 44.0 Å². The second kappa shape index (κ2) is 11.6. The van der Waals surface area contributed by atoms with Crippen molar-refractivity contribution in [3.63, 3.8) is 0 Å². The molecule has 0 fully saturated rings.